The van der Waals surface area contributed by atoms with E-state index in [4.69, 9.17) is 9.47 Å². The largest absolute Gasteiger partial charge is 0.462 e. The molecule has 0 aliphatic heterocycles. The Morgan fingerprint density at radius 1 is 0.643 bits per heavy atom. The molecule has 0 saturated carbocycles. The summed E-state index contributed by atoms with van der Waals surface area (Å²) in [4.78, 5) is 53.3. The van der Waals surface area contributed by atoms with Crippen LogP contribution in [-0.4, -0.2) is 37.0 Å². The van der Waals surface area contributed by atoms with Gasteiger partial charge in [0.15, 0.2) is 0 Å². The van der Waals surface area contributed by atoms with Gasteiger partial charge in [0.25, 0.3) is 0 Å². The quantitative estimate of drug-likeness (QED) is 0.164. The Hall–Kier alpha value is -4.42. The highest BCUT2D eigenvalue weighted by Crippen LogP contribution is 2.42. The molecule has 2 amide bonds. The lowest BCUT2D eigenvalue weighted by molar-refractivity contribution is -0.132. The Morgan fingerprint density at radius 3 is 1.29 bits per heavy atom. The highest BCUT2D eigenvalue weighted by molar-refractivity contribution is 7.18. The van der Waals surface area contributed by atoms with Gasteiger partial charge in [0.05, 0.1) is 13.2 Å². The van der Waals surface area contributed by atoms with Gasteiger partial charge in [-0.05, 0) is 63.1 Å². The first-order valence-corrected chi connectivity index (χ1v) is 14.4. The Kier molecular flexibility index (Phi) is 9.48. The molecule has 0 spiro atoms. The molecule has 0 aliphatic carbocycles. The van der Waals surface area contributed by atoms with Crippen LogP contribution in [-0.2, 0) is 19.1 Å². The fourth-order valence-corrected chi connectivity index (χ4v) is 6.43. The van der Waals surface area contributed by atoms with Crippen LogP contribution in [0.5, 0.6) is 0 Å². The number of hydrogen-bond acceptors (Lipinski definition) is 8. The number of aryl methyl sites for hydroxylation is 2. The minimum Gasteiger partial charge on any atom is -0.462 e. The van der Waals surface area contributed by atoms with E-state index in [9.17, 15) is 28.0 Å². The van der Waals surface area contributed by atoms with Gasteiger partial charge in [-0.25, -0.2) is 18.4 Å². The van der Waals surface area contributed by atoms with Gasteiger partial charge < -0.3 is 20.1 Å². The van der Waals surface area contributed by atoms with Gasteiger partial charge in [0.1, 0.15) is 32.8 Å². The molecule has 2 aromatic heterocycles. The SMILES string of the molecule is CCOC(=O)c1c(NC(=O)C(=O)Nc2sc(C)c(-c3ccc(F)cc3)c2C(=O)OCC)sc(C)c1-c1ccc(F)cc1. The lowest BCUT2D eigenvalue weighted by Gasteiger charge is -2.10. The van der Waals surface area contributed by atoms with E-state index in [-0.39, 0.29) is 34.3 Å². The van der Waals surface area contributed by atoms with Crippen LogP contribution in [0.15, 0.2) is 48.5 Å². The van der Waals surface area contributed by atoms with Gasteiger partial charge in [-0.3, -0.25) is 9.59 Å². The first-order chi connectivity index (χ1) is 20.0. The number of ether oxygens (including phenoxy) is 2. The normalized spacial score (nSPS) is 10.7. The summed E-state index contributed by atoms with van der Waals surface area (Å²) in [5.41, 5.74) is 2.00. The number of hydrogen-bond donors (Lipinski definition) is 2. The molecule has 4 rings (SSSR count). The number of thiophene rings is 2. The summed E-state index contributed by atoms with van der Waals surface area (Å²) < 4.78 is 37.5. The molecule has 12 heteroatoms. The van der Waals surface area contributed by atoms with Crippen LogP contribution in [0.1, 0.15) is 44.3 Å². The van der Waals surface area contributed by atoms with Crippen molar-refractivity contribution in [3.05, 3.63) is 81.0 Å². The summed E-state index contributed by atoms with van der Waals surface area (Å²) >= 11 is 2.11. The molecule has 2 N–H and O–H groups in total. The molecular formula is C30H26F2N2O6S2. The molecule has 0 atom stereocenters. The topological polar surface area (TPSA) is 111 Å². The summed E-state index contributed by atoms with van der Waals surface area (Å²) in [6.07, 6.45) is 0. The Labute approximate surface area is 248 Å². The maximum absolute atomic E-state index is 13.6. The number of esters is 2. The van der Waals surface area contributed by atoms with E-state index in [1.54, 1.807) is 27.7 Å². The number of amides is 2. The zero-order valence-corrected chi connectivity index (χ0v) is 24.7. The first-order valence-electron chi connectivity index (χ1n) is 12.8. The second-order valence-corrected chi connectivity index (χ2v) is 11.3. The highest BCUT2D eigenvalue weighted by Gasteiger charge is 2.30. The van der Waals surface area contributed by atoms with E-state index in [0.29, 0.717) is 32.0 Å². The van der Waals surface area contributed by atoms with Crippen LogP contribution in [0.3, 0.4) is 0 Å². The number of anilines is 2. The fraction of sp³-hybridized carbons (Fsp3) is 0.200. The van der Waals surface area contributed by atoms with Crippen LogP contribution >= 0.6 is 22.7 Å². The van der Waals surface area contributed by atoms with Crippen LogP contribution in [0.25, 0.3) is 22.3 Å². The van der Waals surface area contributed by atoms with Crippen molar-refractivity contribution in [2.24, 2.45) is 0 Å². The molecule has 0 unspecified atom stereocenters. The minimum atomic E-state index is -1.10. The third-order valence-electron chi connectivity index (χ3n) is 6.05. The number of rotatable bonds is 8. The number of benzene rings is 2. The lowest BCUT2D eigenvalue weighted by Crippen LogP contribution is -2.29. The van der Waals surface area contributed by atoms with Crippen molar-refractivity contribution in [1.29, 1.82) is 0 Å². The lowest BCUT2D eigenvalue weighted by atomic mass is 10.0. The molecule has 0 aliphatic rings. The second-order valence-electron chi connectivity index (χ2n) is 8.84. The van der Waals surface area contributed by atoms with Crippen molar-refractivity contribution < 1.29 is 37.4 Å². The van der Waals surface area contributed by atoms with Crippen molar-refractivity contribution in [1.82, 2.24) is 0 Å². The van der Waals surface area contributed by atoms with E-state index in [2.05, 4.69) is 10.6 Å². The number of carbonyl (C=O) groups excluding carboxylic acids is 4. The minimum absolute atomic E-state index is 0.0323. The zero-order chi connectivity index (χ0) is 30.6. The Bertz CT molecular complexity index is 1540. The molecule has 0 bridgehead atoms. The van der Waals surface area contributed by atoms with Crippen molar-refractivity contribution in [3.63, 3.8) is 0 Å². The van der Waals surface area contributed by atoms with E-state index in [0.717, 1.165) is 22.7 Å². The van der Waals surface area contributed by atoms with E-state index >= 15 is 0 Å². The molecule has 218 valence electrons. The molecule has 8 nitrogen and oxygen atoms in total. The monoisotopic (exact) mass is 612 g/mol. The predicted octanol–water partition coefficient (Wildman–Crippen LogP) is 6.97. The first kappa shape index (κ1) is 30.5. The molecular weight excluding hydrogens is 586 g/mol. The van der Waals surface area contributed by atoms with Crippen molar-refractivity contribution in [2.45, 2.75) is 27.7 Å². The van der Waals surface area contributed by atoms with Crippen LogP contribution in [0.2, 0.25) is 0 Å². The molecule has 2 heterocycles. The number of halogens is 2. The van der Waals surface area contributed by atoms with Gasteiger partial charge in [-0.2, -0.15) is 0 Å². The van der Waals surface area contributed by atoms with Crippen molar-refractivity contribution in [2.75, 3.05) is 23.8 Å². The van der Waals surface area contributed by atoms with Crippen molar-refractivity contribution in [3.8, 4) is 22.3 Å². The second kappa shape index (κ2) is 13.0. The third kappa shape index (κ3) is 6.39. The average Bonchev–Trinajstić information content (AvgIpc) is 3.45. The molecule has 0 radical (unpaired) electrons. The standard InChI is InChI=1S/C30H26F2N2O6S2/c1-5-39-29(37)23-21(17-7-11-19(31)12-8-17)15(3)41-27(23)33-25(35)26(36)34-28-24(30(38)40-6-2)22(16(4)42-28)18-9-13-20(32)14-10-18/h7-14H,5-6H2,1-4H3,(H,33,35)(H,34,36). The zero-order valence-electron chi connectivity index (χ0n) is 23.1. The van der Waals surface area contributed by atoms with Gasteiger partial charge >= 0.3 is 23.8 Å². The van der Waals surface area contributed by atoms with E-state index < -0.39 is 35.4 Å². The predicted molar refractivity (Wildman–Crippen MR) is 158 cm³/mol. The Morgan fingerprint density at radius 2 is 0.976 bits per heavy atom. The molecule has 0 fully saturated rings. The van der Waals surface area contributed by atoms with Gasteiger partial charge in [-0.15, -0.1) is 22.7 Å². The Balaban J connectivity index is 1.67. The smallest absolute Gasteiger partial charge is 0.341 e. The highest BCUT2D eigenvalue weighted by atomic mass is 32.1. The summed E-state index contributed by atoms with van der Waals surface area (Å²) in [5, 5.41) is 5.12. The van der Waals surface area contributed by atoms with E-state index in [1.807, 2.05) is 0 Å². The molecule has 4 aromatic rings. The summed E-state index contributed by atoms with van der Waals surface area (Å²) in [6, 6.07) is 11.0. The van der Waals surface area contributed by atoms with Gasteiger partial charge in [0.2, 0.25) is 0 Å². The number of carbonyl (C=O) groups is 4. The van der Waals surface area contributed by atoms with Crippen LogP contribution in [0.4, 0.5) is 18.8 Å². The summed E-state index contributed by atoms with van der Waals surface area (Å²) in [6.45, 7) is 6.83. The maximum Gasteiger partial charge on any atom is 0.341 e. The third-order valence-corrected chi connectivity index (χ3v) is 8.10. The summed E-state index contributed by atoms with van der Waals surface area (Å²) in [7, 11) is 0. The number of nitrogens with one attached hydrogen (secondary N) is 2. The fourth-order valence-electron chi connectivity index (χ4n) is 4.31. The molecule has 42 heavy (non-hydrogen) atoms. The van der Waals surface area contributed by atoms with Crippen LogP contribution in [0, 0.1) is 25.5 Å². The van der Waals surface area contributed by atoms with Crippen molar-refractivity contribution >= 4 is 56.4 Å². The van der Waals surface area contributed by atoms with E-state index in [1.165, 1.54) is 48.5 Å². The van der Waals surface area contributed by atoms with Crippen LogP contribution < -0.4 is 10.6 Å². The summed E-state index contributed by atoms with van der Waals surface area (Å²) in [5.74, 6) is -4.56. The molecule has 2 aromatic carbocycles. The van der Waals surface area contributed by atoms with Gasteiger partial charge in [0, 0.05) is 20.9 Å². The molecule has 0 saturated heterocycles. The van der Waals surface area contributed by atoms with Gasteiger partial charge in [-0.1, -0.05) is 24.3 Å². The average molecular weight is 613 g/mol. The maximum atomic E-state index is 13.6.